The first-order chi connectivity index (χ1) is 7.33. The Morgan fingerprint density at radius 3 is 2.12 bits per heavy atom. The maximum Gasteiger partial charge on any atom is 0.488 e. The molecule has 0 bridgehead atoms. The van der Waals surface area contributed by atoms with Gasteiger partial charge in [-0.15, -0.1) is 0 Å². The second kappa shape index (κ2) is 4.64. The highest BCUT2D eigenvalue weighted by Gasteiger charge is 2.17. The third kappa shape index (κ3) is 3.06. The molecule has 0 radical (unpaired) electrons. The Morgan fingerprint density at radius 1 is 1.25 bits per heavy atom. The zero-order valence-electron chi connectivity index (χ0n) is 8.41. The van der Waals surface area contributed by atoms with Crippen LogP contribution in [0.1, 0.15) is 6.92 Å². The van der Waals surface area contributed by atoms with E-state index >= 15 is 0 Å². The standard InChI is InChI=1S/C8H10BNO5S/c1-6(11)10-16(14,15)8-4-2-7(3-5-8)9(12)13/h2-5,12-13H,1H3,(H,10,11). The number of hydrogen-bond acceptors (Lipinski definition) is 5. The molecule has 0 fully saturated rings. The first-order valence-corrected chi connectivity index (χ1v) is 5.81. The van der Waals surface area contributed by atoms with Crippen LogP contribution in [0.15, 0.2) is 29.2 Å². The molecule has 0 spiro atoms. The van der Waals surface area contributed by atoms with Gasteiger partial charge < -0.3 is 10.0 Å². The van der Waals surface area contributed by atoms with Crippen molar-refractivity contribution in [3.63, 3.8) is 0 Å². The van der Waals surface area contributed by atoms with Gasteiger partial charge in [-0.1, -0.05) is 12.1 Å². The smallest absolute Gasteiger partial charge is 0.423 e. The maximum absolute atomic E-state index is 11.5. The average molecular weight is 243 g/mol. The molecule has 6 nitrogen and oxygen atoms in total. The van der Waals surface area contributed by atoms with E-state index < -0.39 is 23.0 Å². The highest BCUT2D eigenvalue weighted by Crippen LogP contribution is 2.06. The molecule has 3 N–H and O–H groups in total. The highest BCUT2D eigenvalue weighted by molar-refractivity contribution is 7.90. The molecule has 86 valence electrons. The molecule has 1 aromatic rings. The number of hydrogen-bond donors (Lipinski definition) is 3. The number of benzene rings is 1. The van der Waals surface area contributed by atoms with Crippen molar-refractivity contribution in [1.29, 1.82) is 0 Å². The number of sulfonamides is 1. The fourth-order valence-electron chi connectivity index (χ4n) is 1.07. The van der Waals surface area contributed by atoms with Crippen LogP contribution in [0.3, 0.4) is 0 Å². The number of carbonyl (C=O) groups excluding carboxylic acids is 1. The lowest BCUT2D eigenvalue weighted by Crippen LogP contribution is -2.31. The van der Waals surface area contributed by atoms with Crippen molar-refractivity contribution in [1.82, 2.24) is 4.72 Å². The Hall–Kier alpha value is -1.38. The summed E-state index contributed by atoms with van der Waals surface area (Å²) in [6, 6.07) is 4.86. The molecule has 1 amide bonds. The van der Waals surface area contributed by atoms with Crippen LogP contribution >= 0.6 is 0 Å². The van der Waals surface area contributed by atoms with E-state index in [4.69, 9.17) is 10.0 Å². The Labute approximate surface area is 93.1 Å². The average Bonchev–Trinajstić information content (AvgIpc) is 2.16. The second-order valence-electron chi connectivity index (χ2n) is 3.10. The van der Waals surface area contributed by atoms with Gasteiger partial charge in [0.2, 0.25) is 5.91 Å². The monoisotopic (exact) mass is 243 g/mol. The summed E-state index contributed by atoms with van der Waals surface area (Å²) in [5.41, 5.74) is 0.168. The molecule has 0 aromatic heterocycles. The molecule has 1 aromatic carbocycles. The molecule has 0 saturated heterocycles. The van der Waals surface area contributed by atoms with E-state index in [1.165, 1.54) is 24.3 Å². The normalized spacial score (nSPS) is 10.9. The van der Waals surface area contributed by atoms with Gasteiger partial charge >= 0.3 is 7.12 Å². The Morgan fingerprint density at radius 2 is 1.75 bits per heavy atom. The van der Waals surface area contributed by atoms with Gasteiger partial charge in [0, 0.05) is 6.92 Å². The quantitative estimate of drug-likeness (QED) is 0.543. The van der Waals surface area contributed by atoms with Crippen LogP contribution in [0, 0.1) is 0 Å². The molecule has 0 atom stereocenters. The van der Waals surface area contributed by atoms with Crippen LogP contribution in [-0.4, -0.2) is 31.5 Å². The van der Waals surface area contributed by atoms with Crippen LogP contribution < -0.4 is 10.2 Å². The fraction of sp³-hybridized carbons (Fsp3) is 0.125. The van der Waals surface area contributed by atoms with Crippen molar-refractivity contribution in [3.05, 3.63) is 24.3 Å². The summed E-state index contributed by atoms with van der Waals surface area (Å²) >= 11 is 0. The molecule has 1 rings (SSSR count). The van der Waals surface area contributed by atoms with Gasteiger partial charge in [0.1, 0.15) is 0 Å². The van der Waals surface area contributed by atoms with E-state index in [2.05, 4.69) is 0 Å². The maximum atomic E-state index is 11.5. The first kappa shape index (κ1) is 12.7. The number of amides is 1. The van der Waals surface area contributed by atoms with Crippen molar-refractivity contribution in [2.45, 2.75) is 11.8 Å². The number of nitrogens with one attached hydrogen (secondary N) is 1. The molecule has 0 aliphatic carbocycles. The molecule has 0 saturated carbocycles. The Balaban J connectivity index is 3.02. The minimum Gasteiger partial charge on any atom is -0.423 e. The second-order valence-corrected chi connectivity index (χ2v) is 4.79. The predicted molar refractivity (Wildman–Crippen MR) is 57.3 cm³/mol. The lowest BCUT2D eigenvalue weighted by Gasteiger charge is -2.05. The summed E-state index contributed by atoms with van der Waals surface area (Å²) in [5.74, 6) is -0.689. The lowest BCUT2D eigenvalue weighted by molar-refractivity contribution is -0.117. The fourth-order valence-corrected chi connectivity index (χ4v) is 2.06. The summed E-state index contributed by atoms with van der Waals surface area (Å²) < 4.78 is 24.7. The van der Waals surface area contributed by atoms with Crippen LogP contribution in [0.25, 0.3) is 0 Å². The summed E-state index contributed by atoms with van der Waals surface area (Å²) in [6.45, 7) is 1.09. The van der Waals surface area contributed by atoms with Gasteiger partial charge in [-0.05, 0) is 17.6 Å². The number of rotatable bonds is 3. The van der Waals surface area contributed by atoms with Gasteiger partial charge in [0.05, 0.1) is 4.90 Å². The number of carbonyl (C=O) groups is 1. The zero-order chi connectivity index (χ0) is 12.3. The molecule has 0 heterocycles. The summed E-state index contributed by atoms with van der Waals surface area (Å²) in [6.07, 6.45) is 0. The minimum atomic E-state index is -3.86. The Bertz CT molecular complexity index is 482. The van der Waals surface area contributed by atoms with Crippen molar-refractivity contribution in [2.24, 2.45) is 0 Å². The van der Waals surface area contributed by atoms with E-state index in [0.717, 1.165) is 6.92 Å². The summed E-state index contributed by atoms with van der Waals surface area (Å²) in [5, 5.41) is 17.6. The van der Waals surface area contributed by atoms with E-state index in [-0.39, 0.29) is 10.4 Å². The molecular weight excluding hydrogens is 233 g/mol. The van der Waals surface area contributed by atoms with Crippen molar-refractivity contribution in [2.75, 3.05) is 0 Å². The summed E-state index contributed by atoms with van der Waals surface area (Å²) in [7, 11) is -5.52. The van der Waals surface area contributed by atoms with Crippen LogP contribution in [0.2, 0.25) is 0 Å². The van der Waals surface area contributed by atoms with Gasteiger partial charge in [0.15, 0.2) is 0 Å². The molecule has 0 unspecified atom stereocenters. The van der Waals surface area contributed by atoms with Gasteiger partial charge in [-0.25, -0.2) is 13.1 Å². The van der Waals surface area contributed by atoms with Gasteiger partial charge in [0.25, 0.3) is 10.0 Å². The zero-order valence-corrected chi connectivity index (χ0v) is 9.23. The highest BCUT2D eigenvalue weighted by atomic mass is 32.2. The van der Waals surface area contributed by atoms with E-state index in [1.54, 1.807) is 4.72 Å². The van der Waals surface area contributed by atoms with Crippen LogP contribution in [-0.2, 0) is 14.8 Å². The predicted octanol–water partition coefficient (Wildman–Crippen LogP) is -1.81. The molecule has 8 heteroatoms. The minimum absolute atomic E-state index is 0.118. The van der Waals surface area contributed by atoms with Crippen LogP contribution in [0.5, 0.6) is 0 Å². The molecule has 0 aliphatic heterocycles. The third-order valence-corrected chi connectivity index (χ3v) is 3.22. The van der Waals surface area contributed by atoms with E-state index in [0.29, 0.717) is 0 Å². The molecule has 0 aliphatic rings. The van der Waals surface area contributed by atoms with Crippen molar-refractivity contribution in [3.8, 4) is 0 Å². The van der Waals surface area contributed by atoms with Gasteiger partial charge in [-0.2, -0.15) is 0 Å². The van der Waals surface area contributed by atoms with E-state index in [1.807, 2.05) is 0 Å². The molecule has 16 heavy (non-hydrogen) atoms. The van der Waals surface area contributed by atoms with E-state index in [9.17, 15) is 13.2 Å². The Kier molecular flexibility index (Phi) is 3.68. The summed E-state index contributed by atoms with van der Waals surface area (Å²) in [4.78, 5) is 10.5. The third-order valence-electron chi connectivity index (χ3n) is 1.77. The lowest BCUT2D eigenvalue weighted by atomic mass is 9.81. The SMILES string of the molecule is CC(=O)NS(=O)(=O)c1ccc(B(O)O)cc1. The molecular formula is C8H10BNO5S. The van der Waals surface area contributed by atoms with Crippen molar-refractivity contribution >= 4 is 28.5 Å². The van der Waals surface area contributed by atoms with Crippen molar-refractivity contribution < 1.29 is 23.3 Å². The van der Waals surface area contributed by atoms with Gasteiger partial charge in [-0.3, -0.25) is 4.79 Å². The first-order valence-electron chi connectivity index (χ1n) is 4.32. The topological polar surface area (TPSA) is 104 Å². The largest absolute Gasteiger partial charge is 0.488 e. The van der Waals surface area contributed by atoms with Crippen LogP contribution in [0.4, 0.5) is 0 Å².